The Morgan fingerprint density at radius 1 is 1.29 bits per heavy atom. The van der Waals surface area contributed by atoms with Crippen molar-refractivity contribution in [2.45, 2.75) is 32.2 Å². The number of thioether (sulfide) groups is 1. The van der Waals surface area contributed by atoms with Crippen LogP contribution < -0.4 is 10.6 Å². The van der Waals surface area contributed by atoms with E-state index in [4.69, 9.17) is 0 Å². The van der Waals surface area contributed by atoms with E-state index in [1.54, 1.807) is 6.33 Å². The summed E-state index contributed by atoms with van der Waals surface area (Å²) in [6, 6.07) is 0.571. The molecular formula is C12H20N4S. The fourth-order valence-electron chi connectivity index (χ4n) is 2.12. The van der Waals surface area contributed by atoms with Gasteiger partial charge in [0, 0.05) is 18.7 Å². The molecule has 17 heavy (non-hydrogen) atoms. The highest BCUT2D eigenvalue weighted by Crippen LogP contribution is 2.24. The van der Waals surface area contributed by atoms with Crippen molar-refractivity contribution in [1.29, 1.82) is 0 Å². The van der Waals surface area contributed by atoms with E-state index in [9.17, 15) is 0 Å². The van der Waals surface area contributed by atoms with Gasteiger partial charge in [-0.15, -0.1) is 0 Å². The lowest BCUT2D eigenvalue weighted by Crippen LogP contribution is -2.25. The molecule has 1 aliphatic heterocycles. The number of nitrogens with zero attached hydrogens (tertiary/aromatic N) is 2. The number of hydrogen-bond donors (Lipinski definition) is 2. The van der Waals surface area contributed by atoms with E-state index in [1.165, 1.54) is 29.9 Å². The molecule has 2 rings (SSSR count). The van der Waals surface area contributed by atoms with Crippen molar-refractivity contribution in [2.24, 2.45) is 0 Å². The third-order valence-corrected chi connectivity index (χ3v) is 4.15. The van der Waals surface area contributed by atoms with E-state index in [2.05, 4.69) is 27.5 Å². The Labute approximate surface area is 107 Å². The molecule has 0 unspecified atom stereocenters. The Morgan fingerprint density at radius 2 is 2.00 bits per heavy atom. The van der Waals surface area contributed by atoms with Gasteiger partial charge in [-0.1, -0.05) is 6.92 Å². The van der Waals surface area contributed by atoms with Crippen LogP contribution in [0.25, 0.3) is 0 Å². The standard InChI is InChI=1S/C12H20N4S/c1-3-10-11(13-2)14-8-15-12(10)16-9-4-6-17-7-5-9/h8-9H,3-7H2,1-2H3,(H2,13,14,15,16). The van der Waals surface area contributed by atoms with Gasteiger partial charge in [0.1, 0.15) is 18.0 Å². The summed E-state index contributed by atoms with van der Waals surface area (Å²) in [6.07, 6.45) is 5.03. The predicted molar refractivity (Wildman–Crippen MR) is 74.9 cm³/mol. The minimum atomic E-state index is 0.571. The molecule has 0 amide bonds. The average Bonchev–Trinajstić information content (AvgIpc) is 2.39. The molecule has 5 heteroatoms. The molecule has 2 N–H and O–H groups in total. The third-order valence-electron chi connectivity index (χ3n) is 3.10. The number of hydrogen-bond acceptors (Lipinski definition) is 5. The van der Waals surface area contributed by atoms with Crippen LogP contribution in [0, 0.1) is 0 Å². The molecule has 0 saturated carbocycles. The second kappa shape index (κ2) is 6.10. The first-order valence-electron chi connectivity index (χ1n) is 6.21. The highest BCUT2D eigenvalue weighted by atomic mass is 32.2. The normalized spacial score (nSPS) is 16.8. The number of nitrogens with one attached hydrogen (secondary N) is 2. The SMILES string of the molecule is CCc1c(NC)ncnc1NC1CCSCC1. The van der Waals surface area contributed by atoms with Crippen LogP contribution in [0.3, 0.4) is 0 Å². The summed E-state index contributed by atoms with van der Waals surface area (Å²) in [4.78, 5) is 8.64. The topological polar surface area (TPSA) is 49.8 Å². The molecule has 1 aromatic rings. The summed E-state index contributed by atoms with van der Waals surface area (Å²) in [5.74, 6) is 4.45. The van der Waals surface area contributed by atoms with Gasteiger partial charge in [-0.25, -0.2) is 9.97 Å². The van der Waals surface area contributed by atoms with Crippen molar-refractivity contribution in [2.75, 3.05) is 29.2 Å². The Bertz CT molecular complexity index is 364. The summed E-state index contributed by atoms with van der Waals surface area (Å²) in [5, 5.41) is 6.70. The average molecular weight is 252 g/mol. The maximum atomic E-state index is 4.38. The van der Waals surface area contributed by atoms with Gasteiger partial charge in [-0.05, 0) is 30.8 Å². The molecular weight excluding hydrogens is 232 g/mol. The molecule has 1 aromatic heterocycles. The zero-order chi connectivity index (χ0) is 12.1. The van der Waals surface area contributed by atoms with Gasteiger partial charge in [-0.2, -0.15) is 11.8 Å². The fourth-order valence-corrected chi connectivity index (χ4v) is 3.23. The smallest absolute Gasteiger partial charge is 0.134 e. The van der Waals surface area contributed by atoms with Gasteiger partial charge < -0.3 is 10.6 Å². The van der Waals surface area contributed by atoms with Gasteiger partial charge in [0.15, 0.2) is 0 Å². The summed E-state index contributed by atoms with van der Waals surface area (Å²) in [6.45, 7) is 2.14. The van der Waals surface area contributed by atoms with Crippen molar-refractivity contribution < 1.29 is 0 Å². The van der Waals surface area contributed by atoms with Crippen LogP contribution in [0.2, 0.25) is 0 Å². The monoisotopic (exact) mass is 252 g/mol. The van der Waals surface area contributed by atoms with Gasteiger partial charge in [-0.3, -0.25) is 0 Å². The van der Waals surface area contributed by atoms with Crippen LogP contribution in [0.1, 0.15) is 25.3 Å². The van der Waals surface area contributed by atoms with E-state index in [-0.39, 0.29) is 0 Å². The van der Waals surface area contributed by atoms with Crippen LogP contribution in [-0.4, -0.2) is 34.6 Å². The predicted octanol–water partition coefficient (Wildman–Crippen LogP) is 2.39. The molecule has 0 atom stereocenters. The maximum Gasteiger partial charge on any atom is 0.134 e. The van der Waals surface area contributed by atoms with Crippen molar-refractivity contribution in [3.05, 3.63) is 11.9 Å². The van der Waals surface area contributed by atoms with E-state index in [0.717, 1.165) is 18.1 Å². The Morgan fingerprint density at radius 3 is 2.65 bits per heavy atom. The molecule has 0 spiro atoms. The molecule has 2 heterocycles. The van der Waals surface area contributed by atoms with Crippen LogP contribution in [0.5, 0.6) is 0 Å². The highest BCUT2D eigenvalue weighted by Gasteiger charge is 2.16. The minimum absolute atomic E-state index is 0.571. The number of aromatic nitrogens is 2. The van der Waals surface area contributed by atoms with Crippen LogP contribution in [0.4, 0.5) is 11.6 Å². The Kier molecular flexibility index (Phi) is 4.48. The van der Waals surface area contributed by atoms with Crippen LogP contribution in [-0.2, 0) is 6.42 Å². The minimum Gasteiger partial charge on any atom is -0.373 e. The molecule has 1 fully saturated rings. The lowest BCUT2D eigenvalue weighted by atomic mass is 10.1. The van der Waals surface area contributed by atoms with E-state index >= 15 is 0 Å². The lowest BCUT2D eigenvalue weighted by Gasteiger charge is -2.24. The first kappa shape index (κ1) is 12.5. The zero-order valence-electron chi connectivity index (χ0n) is 10.5. The van der Waals surface area contributed by atoms with Crippen molar-refractivity contribution >= 4 is 23.4 Å². The first-order chi connectivity index (χ1) is 8.35. The molecule has 1 saturated heterocycles. The van der Waals surface area contributed by atoms with E-state index in [0.29, 0.717) is 6.04 Å². The van der Waals surface area contributed by atoms with Crippen LogP contribution >= 0.6 is 11.8 Å². The highest BCUT2D eigenvalue weighted by molar-refractivity contribution is 7.99. The molecule has 0 aliphatic carbocycles. The fraction of sp³-hybridized carbons (Fsp3) is 0.667. The summed E-state index contributed by atoms with van der Waals surface area (Å²) >= 11 is 2.04. The van der Waals surface area contributed by atoms with Crippen molar-refractivity contribution in [1.82, 2.24) is 9.97 Å². The third kappa shape index (κ3) is 3.03. The quantitative estimate of drug-likeness (QED) is 0.861. The molecule has 0 radical (unpaired) electrons. The van der Waals surface area contributed by atoms with Gasteiger partial charge in [0.25, 0.3) is 0 Å². The molecule has 94 valence electrons. The van der Waals surface area contributed by atoms with Gasteiger partial charge in [0.2, 0.25) is 0 Å². The zero-order valence-corrected chi connectivity index (χ0v) is 11.3. The van der Waals surface area contributed by atoms with Crippen molar-refractivity contribution in [3.63, 3.8) is 0 Å². The summed E-state index contributed by atoms with van der Waals surface area (Å²) < 4.78 is 0. The van der Waals surface area contributed by atoms with Gasteiger partial charge >= 0.3 is 0 Å². The maximum absolute atomic E-state index is 4.38. The van der Waals surface area contributed by atoms with Crippen molar-refractivity contribution in [3.8, 4) is 0 Å². The number of anilines is 2. The largest absolute Gasteiger partial charge is 0.373 e. The van der Waals surface area contributed by atoms with Gasteiger partial charge in [0.05, 0.1) is 0 Å². The number of rotatable bonds is 4. The first-order valence-corrected chi connectivity index (χ1v) is 7.36. The Hall–Kier alpha value is -0.970. The second-order valence-corrected chi connectivity index (χ2v) is 5.41. The summed E-state index contributed by atoms with van der Waals surface area (Å²) in [5.41, 5.74) is 1.19. The molecule has 4 nitrogen and oxygen atoms in total. The molecule has 0 aromatic carbocycles. The van der Waals surface area contributed by atoms with Crippen LogP contribution in [0.15, 0.2) is 6.33 Å². The molecule has 1 aliphatic rings. The van der Waals surface area contributed by atoms with E-state index < -0.39 is 0 Å². The van der Waals surface area contributed by atoms with E-state index in [1.807, 2.05) is 18.8 Å². The molecule has 0 bridgehead atoms. The second-order valence-electron chi connectivity index (χ2n) is 4.18. The summed E-state index contributed by atoms with van der Waals surface area (Å²) in [7, 11) is 1.91. The Balaban J connectivity index is 2.13. The lowest BCUT2D eigenvalue weighted by molar-refractivity contribution is 0.662.